The number of carboxylic acids is 1. The largest absolute Gasteiger partial charge is 0.481 e. The van der Waals surface area contributed by atoms with Crippen LogP contribution in [0.2, 0.25) is 10.0 Å². The van der Waals surface area contributed by atoms with Gasteiger partial charge < -0.3 is 15.3 Å². The number of carboxylic acid groups (broad SMARTS) is 1. The summed E-state index contributed by atoms with van der Waals surface area (Å²) in [7, 11) is 0. The number of amides is 2. The van der Waals surface area contributed by atoms with Gasteiger partial charge in [-0.3, -0.25) is 4.79 Å². The lowest BCUT2D eigenvalue weighted by Crippen LogP contribution is -2.33. The predicted molar refractivity (Wildman–Crippen MR) is 77.5 cm³/mol. The van der Waals surface area contributed by atoms with E-state index in [0.29, 0.717) is 28.7 Å². The molecule has 1 unspecified atom stereocenters. The third kappa shape index (κ3) is 3.16. The molecule has 0 radical (unpaired) electrons. The smallest absolute Gasteiger partial charge is 0.321 e. The highest BCUT2D eigenvalue weighted by Gasteiger charge is 2.31. The lowest BCUT2D eigenvalue weighted by molar-refractivity contribution is -0.141. The van der Waals surface area contributed by atoms with Gasteiger partial charge in [0, 0.05) is 18.1 Å². The van der Waals surface area contributed by atoms with Crippen molar-refractivity contribution < 1.29 is 14.7 Å². The Balaban J connectivity index is 2.06. The van der Waals surface area contributed by atoms with Crippen LogP contribution in [-0.4, -0.2) is 35.1 Å². The van der Waals surface area contributed by atoms with E-state index >= 15 is 0 Å². The lowest BCUT2D eigenvalue weighted by Gasteiger charge is -2.17. The van der Waals surface area contributed by atoms with Crippen molar-refractivity contribution in [2.45, 2.75) is 13.3 Å². The minimum atomic E-state index is -0.878. The molecule has 2 amide bonds. The molecule has 7 heteroatoms. The van der Waals surface area contributed by atoms with Crippen molar-refractivity contribution in [1.82, 2.24) is 4.90 Å². The number of halogens is 2. The summed E-state index contributed by atoms with van der Waals surface area (Å²) >= 11 is 12.0. The van der Waals surface area contributed by atoms with Crippen LogP contribution in [0.25, 0.3) is 0 Å². The maximum absolute atomic E-state index is 12.1. The molecular weight excluding hydrogens is 303 g/mol. The minimum absolute atomic E-state index is 0.207. The van der Waals surface area contributed by atoms with Crippen LogP contribution in [0.4, 0.5) is 10.5 Å². The Hall–Kier alpha value is -1.46. The quantitative estimate of drug-likeness (QED) is 0.880. The molecule has 108 valence electrons. The Morgan fingerprint density at radius 3 is 2.65 bits per heavy atom. The number of carbonyl (C=O) groups is 2. The highest BCUT2D eigenvalue weighted by atomic mass is 35.5. The monoisotopic (exact) mass is 316 g/mol. The van der Waals surface area contributed by atoms with E-state index in [1.54, 1.807) is 12.1 Å². The second-order valence-corrected chi connectivity index (χ2v) is 5.60. The van der Waals surface area contributed by atoms with Crippen LogP contribution in [0.15, 0.2) is 12.1 Å². The zero-order chi connectivity index (χ0) is 14.9. The second-order valence-electron chi connectivity index (χ2n) is 4.78. The van der Waals surface area contributed by atoms with Crippen LogP contribution in [0, 0.1) is 12.8 Å². The Morgan fingerprint density at radius 1 is 1.35 bits per heavy atom. The van der Waals surface area contributed by atoms with Gasteiger partial charge in [0.1, 0.15) is 0 Å². The number of aliphatic carboxylic acids is 1. The summed E-state index contributed by atoms with van der Waals surface area (Å²) in [6.07, 6.45) is 0.463. The fourth-order valence-corrected chi connectivity index (χ4v) is 2.51. The van der Waals surface area contributed by atoms with Crippen molar-refractivity contribution >= 4 is 40.9 Å². The molecule has 1 saturated heterocycles. The fourth-order valence-electron chi connectivity index (χ4n) is 2.08. The first-order valence-corrected chi connectivity index (χ1v) is 6.88. The van der Waals surface area contributed by atoms with E-state index < -0.39 is 11.9 Å². The predicted octanol–water partition coefficient (Wildman–Crippen LogP) is 3.24. The molecule has 2 N–H and O–H groups in total. The van der Waals surface area contributed by atoms with Crippen molar-refractivity contribution in [3.8, 4) is 0 Å². The van der Waals surface area contributed by atoms with Gasteiger partial charge in [0.05, 0.1) is 16.6 Å². The number of benzene rings is 1. The second kappa shape index (κ2) is 5.89. The van der Waals surface area contributed by atoms with Crippen LogP contribution in [0.5, 0.6) is 0 Å². The van der Waals surface area contributed by atoms with Crippen molar-refractivity contribution in [2.24, 2.45) is 5.92 Å². The summed E-state index contributed by atoms with van der Waals surface area (Å²) in [4.78, 5) is 24.4. The first-order valence-electron chi connectivity index (χ1n) is 6.13. The van der Waals surface area contributed by atoms with Gasteiger partial charge in [-0.25, -0.2) is 4.79 Å². The van der Waals surface area contributed by atoms with Gasteiger partial charge in [0.25, 0.3) is 0 Å². The number of rotatable bonds is 2. The maximum Gasteiger partial charge on any atom is 0.321 e. The Bertz CT molecular complexity index is 563. The van der Waals surface area contributed by atoms with Gasteiger partial charge in [-0.1, -0.05) is 23.2 Å². The van der Waals surface area contributed by atoms with Gasteiger partial charge in [0.15, 0.2) is 0 Å². The number of hydrogen-bond acceptors (Lipinski definition) is 2. The number of aryl methyl sites for hydroxylation is 1. The summed E-state index contributed by atoms with van der Waals surface area (Å²) in [6, 6.07) is 2.89. The highest BCUT2D eigenvalue weighted by molar-refractivity contribution is 6.36. The SMILES string of the molecule is Cc1cc(Cl)c(NC(=O)N2CCC(C(=O)O)C2)cc1Cl. The number of likely N-dealkylation sites (tertiary alicyclic amines) is 1. The number of nitrogens with one attached hydrogen (secondary N) is 1. The van der Waals surface area contributed by atoms with E-state index in [9.17, 15) is 9.59 Å². The molecule has 1 atom stereocenters. The topological polar surface area (TPSA) is 69.6 Å². The van der Waals surface area contributed by atoms with Crippen molar-refractivity contribution in [3.05, 3.63) is 27.7 Å². The summed E-state index contributed by atoms with van der Waals surface area (Å²) in [5.74, 6) is -1.38. The first kappa shape index (κ1) is 14.9. The zero-order valence-electron chi connectivity index (χ0n) is 10.8. The van der Waals surface area contributed by atoms with Crippen LogP contribution in [-0.2, 0) is 4.79 Å². The Labute approximate surface area is 126 Å². The van der Waals surface area contributed by atoms with Gasteiger partial charge >= 0.3 is 12.0 Å². The first-order chi connectivity index (χ1) is 9.38. The highest BCUT2D eigenvalue weighted by Crippen LogP contribution is 2.29. The van der Waals surface area contributed by atoms with Gasteiger partial charge in [-0.05, 0) is 31.0 Å². The fraction of sp³-hybridized carbons (Fsp3) is 0.385. The van der Waals surface area contributed by atoms with E-state index in [1.165, 1.54) is 4.90 Å². The van der Waals surface area contributed by atoms with E-state index in [2.05, 4.69) is 5.32 Å². The number of carbonyl (C=O) groups excluding carboxylic acids is 1. The maximum atomic E-state index is 12.1. The van der Waals surface area contributed by atoms with Crippen LogP contribution in [0.1, 0.15) is 12.0 Å². The molecule has 5 nitrogen and oxygen atoms in total. The van der Waals surface area contributed by atoms with E-state index in [4.69, 9.17) is 28.3 Å². The third-order valence-corrected chi connectivity index (χ3v) is 4.03. The molecule has 0 aliphatic carbocycles. The molecule has 1 aliphatic heterocycles. The van der Waals surface area contributed by atoms with Gasteiger partial charge in [-0.15, -0.1) is 0 Å². The van der Waals surface area contributed by atoms with Crippen LogP contribution in [0.3, 0.4) is 0 Å². The number of urea groups is 1. The van der Waals surface area contributed by atoms with Crippen LogP contribution >= 0.6 is 23.2 Å². The normalized spacial score (nSPS) is 18.1. The van der Waals surface area contributed by atoms with Crippen molar-refractivity contribution in [3.63, 3.8) is 0 Å². The number of anilines is 1. The summed E-state index contributed by atoms with van der Waals surface area (Å²) in [6.45, 7) is 2.44. The molecule has 0 bridgehead atoms. The Morgan fingerprint density at radius 2 is 2.05 bits per heavy atom. The van der Waals surface area contributed by atoms with Gasteiger partial charge in [-0.2, -0.15) is 0 Å². The molecule has 1 aromatic carbocycles. The average Bonchev–Trinajstić information content (AvgIpc) is 2.85. The third-order valence-electron chi connectivity index (χ3n) is 3.31. The zero-order valence-corrected chi connectivity index (χ0v) is 12.3. The van der Waals surface area contributed by atoms with Gasteiger partial charge in [0.2, 0.25) is 0 Å². The van der Waals surface area contributed by atoms with Crippen molar-refractivity contribution in [1.29, 1.82) is 0 Å². The summed E-state index contributed by atoms with van der Waals surface area (Å²) < 4.78 is 0. The molecule has 0 saturated carbocycles. The molecule has 1 heterocycles. The molecule has 20 heavy (non-hydrogen) atoms. The molecule has 1 aromatic rings. The van der Waals surface area contributed by atoms with E-state index in [1.807, 2.05) is 6.92 Å². The standard InChI is InChI=1S/C13H14Cl2N2O3/c1-7-4-10(15)11(5-9(7)14)16-13(20)17-3-2-8(6-17)12(18)19/h4-5,8H,2-3,6H2,1H3,(H,16,20)(H,18,19). The molecule has 1 aliphatic rings. The van der Waals surface area contributed by atoms with Crippen LogP contribution < -0.4 is 5.32 Å². The molecular formula is C13H14Cl2N2O3. The number of hydrogen-bond donors (Lipinski definition) is 2. The van der Waals surface area contributed by atoms with E-state index in [-0.39, 0.29) is 12.6 Å². The molecule has 2 rings (SSSR count). The Kier molecular flexibility index (Phi) is 4.40. The summed E-state index contributed by atoms with van der Waals surface area (Å²) in [5.41, 5.74) is 1.24. The minimum Gasteiger partial charge on any atom is -0.481 e. The van der Waals surface area contributed by atoms with E-state index in [0.717, 1.165) is 5.56 Å². The average molecular weight is 317 g/mol. The van der Waals surface area contributed by atoms with Crippen molar-refractivity contribution in [2.75, 3.05) is 18.4 Å². The summed E-state index contributed by atoms with van der Waals surface area (Å²) in [5, 5.41) is 12.5. The lowest BCUT2D eigenvalue weighted by atomic mass is 10.1. The number of nitrogens with zero attached hydrogens (tertiary/aromatic N) is 1. The molecule has 0 aromatic heterocycles. The molecule has 0 spiro atoms. The molecule has 1 fully saturated rings.